The maximum atomic E-state index is 10.7. The van der Waals surface area contributed by atoms with Crippen LogP contribution < -0.4 is 5.73 Å². The van der Waals surface area contributed by atoms with E-state index in [0.717, 1.165) is 6.42 Å². The molecular weight excluding hydrogens is 184 g/mol. The molecule has 1 aromatic rings. The Kier molecular flexibility index (Phi) is 2.03. The molecule has 76 valence electrons. The summed E-state index contributed by atoms with van der Waals surface area (Å²) in [5.74, 6) is 0. The summed E-state index contributed by atoms with van der Waals surface area (Å²) in [7, 11) is 0. The number of nitrogens with zero attached hydrogens (tertiary/aromatic N) is 3. The van der Waals surface area contributed by atoms with Gasteiger partial charge in [-0.2, -0.15) is 5.10 Å². The van der Waals surface area contributed by atoms with Gasteiger partial charge in [-0.05, 0) is 6.42 Å². The number of hydrogen-bond acceptors (Lipinski definition) is 3. The minimum absolute atomic E-state index is 0.128. The van der Waals surface area contributed by atoms with Gasteiger partial charge in [-0.25, -0.2) is 4.79 Å². The Balaban J connectivity index is 2.05. The number of likely N-dealkylation sites (tertiary alicyclic amines) is 1. The van der Waals surface area contributed by atoms with Gasteiger partial charge in [0.15, 0.2) is 0 Å². The van der Waals surface area contributed by atoms with Crippen LogP contribution in [0.4, 0.5) is 10.5 Å². The molecule has 1 saturated heterocycles. The zero-order chi connectivity index (χ0) is 10.1. The molecule has 6 heteroatoms. The van der Waals surface area contributed by atoms with Gasteiger partial charge in [-0.1, -0.05) is 0 Å². The molecule has 14 heavy (non-hydrogen) atoms. The van der Waals surface area contributed by atoms with Gasteiger partial charge in [0.05, 0.1) is 17.9 Å². The van der Waals surface area contributed by atoms with Crippen molar-refractivity contribution >= 4 is 11.8 Å². The highest BCUT2D eigenvalue weighted by Gasteiger charge is 2.27. The predicted molar refractivity (Wildman–Crippen MR) is 49.9 cm³/mol. The molecule has 0 radical (unpaired) electrons. The Morgan fingerprint density at radius 2 is 2.50 bits per heavy atom. The van der Waals surface area contributed by atoms with E-state index in [1.165, 1.54) is 4.90 Å². The Bertz CT molecular complexity index is 349. The van der Waals surface area contributed by atoms with Crippen LogP contribution in [0.25, 0.3) is 0 Å². The normalized spacial score (nSPS) is 21.4. The molecule has 1 aliphatic rings. The Morgan fingerprint density at radius 3 is 3.00 bits per heavy atom. The van der Waals surface area contributed by atoms with Crippen LogP contribution in [0.15, 0.2) is 12.4 Å². The summed E-state index contributed by atoms with van der Waals surface area (Å²) in [6.07, 6.45) is 3.24. The summed E-state index contributed by atoms with van der Waals surface area (Å²) in [6, 6.07) is 0.128. The van der Waals surface area contributed by atoms with E-state index >= 15 is 0 Å². The van der Waals surface area contributed by atoms with Gasteiger partial charge >= 0.3 is 6.09 Å². The molecule has 1 amide bonds. The third kappa shape index (κ3) is 1.50. The number of carboxylic acid groups (broad SMARTS) is 1. The van der Waals surface area contributed by atoms with E-state index in [1.54, 1.807) is 17.1 Å². The number of nitrogens with two attached hydrogens (primary N) is 1. The van der Waals surface area contributed by atoms with Crippen LogP contribution >= 0.6 is 0 Å². The van der Waals surface area contributed by atoms with Gasteiger partial charge < -0.3 is 15.7 Å². The molecule has 2 heterocycles. The molecule has 0 bridgehead atoms. The van der Waals surface area contributed by atoms with Gasteiger partial charge in [0.25, 0.3) is 0 Å². The molecule has 6 nitrogen and oxygen atoms in total. The topological polar surface area (TPSA) is 84.4 Å². The Hall–Kier alpha value is -1.72. The van der Waals surface area contributed by atoms with Crippen molar-refractivity contribution in [2.75, 3.05) is 18.8 Å². The first-order chi connectivity index (χ1) is 6.66. The van der Waals surface area contributed by atoms with Crippen molar-refractivity contribution in [2.24, 2.45) is 0 Å². The standard InChI is InChI=1S/C8H12N4O2/c9-6-3-10-12(4-6)7-1-2-11(5-7)8(13)14/h3-4,7H,1-2,5,9H2,(H,13,14)/t7-/m1/s1. The highest BCUT2D eigenvalue weighted by molar-refractivity contribution is 5.65. The molecule has 2 rings (SSSR count). The lowest BCUT2D eigenvalue weighted by Crippen LogP contribution is -2.27. The van der Waals surface area contributed by atoms with E-state index in [4.69, 9.17) is 10.8 Å². The van der Waals surface area contributed by atoms with Crippen LogP contribution in [0.3, 0.4) is 0 Å². The van der Waals surface area contributed by atoms with Crippen molar-refractivity contribution in [3.63, 3.8) is 0 Å². The van der Waals surface area contributed by atoms with E-state index < -0.39 is 6.09 Å². The molecule has 1 aromatic heterocycles. The average Bonchev–Trinajstić information content (AvgIpc) is 2.70. The maximum absolute atomic E-state index is 10.7. The van der Waals surface area contributed by atoms with Crippen molar-refractivity contribution in [1.82, 2.24) is 14.7 Å². The molecule has 0 unspecified atom stereocenters. The van der Waals surface area contributed by atoms with Crippen molar-refractivity contribution in [2.45, 2.75) is 12.5 Å². The number of hydrogen-bond donors (Lipinski definition) is 2. The fourth-order valence-corrected chi connectivity index (χ4v) is 1.68. The first-order valence-corrected chi connectivity index (χ1v) is 4.44. The SMILES string of the molecule is Nc1cnn([C@@H]2CCN(C(=O)O)C2)c1. The van der Waals surface area contributed by atoms with Gasteiger partial charge in [-0.15, -0.1) is 0 Å². The van der Waals surface area contributed by atoms with E-state index in [2.05, 4.69) is 5.10 Å². The van der Waals surface area contributed by atoms with E-state index in [1.807, 2.05) is 0 Å². The average molecular weight is 196 g/mol. The Morgan fingerprint density at radius 1 is 1.71 bits per heavy atom. The molecule has 0 saturated carbocycles. The van der Waals surface area contributed by atoms with Gasteiger partial charge in [0, 0.05) is 19.3 Å². The molecule has 0 spiro atoms. The smallest absolute Gasteiger partial charge is 0.407 e. The van der Waals surface area contributed by atoms with Crippen LogP contribution in [-0.2, 0) is 0 Å². The third-order valence-electron chi connectivity index (χ3n) is 2.43. The number of aromatic nitrogens is 2. The van der Waals surface area contributed by atoms with Gasteiger partial charge in [0.2, 0.25) is 0 Å². The summed E-state index contributed by atoms with van der Waals surface area (Å²) >= 11 is 0. The van der Waals surface area contributed by atoms with E-state index in [9.17, 15) is 4.79 Å². The van der Waals surface area contributed by atoms with Crippen LogP contribution in [0, 0.1) is 0 Å². The highest BCUT2D eigenvalue weighted by atomic mass is 16.4. The van der Waals surface area contributed by atoms with Crippen LogP contribution in [-0.4, -0.2) is 39.0 Å². The first-order valence-electron chi connectivity index (χ1n) is 4.44. The van der Waals surface area contributed by atoms with Gasteiger partial charge in [-0.3, -0.25) is 4.68 Å². The van der Waals surface area contributed by atoms with E-state index in [-0.39, 0.29) is 6.04 Å². The molecule has 3 N–H and O–H groups in total. The number of anilines is 1. The molecule has 0 aliphatic carbocycles. The molecule has 0 aromatic carbocycles. The highest BCUT2D eigenvalue weighted by Crippen LogP contribution is 2.21. The van der Waals surface area contributed by atoms with Crippen molar-refractivity contribution < 1.29 is 9.90 Å². The first kappa shape index (κ1) is 8.86. The van der Waals surface area contributed by atoms with Gasteiger partial charge in [0.1, 0.15) is 0 Å². The summed E-state index contributed by atoms with van der Waals surface area (Å²) in [6.45, 7) is 1.07. The minimum atomic E-state index is -0.868. The molecular formula is C8H12N4O2. The number of nitrogen functional groups attached to an aromatic ring is 1. The number of rotatable bonds is 1. The quantitative estimate of drug-likeness (QED) is 0.680. The van der Waals surface area contributed by atoms with Crippen molar-refractivity contribution in [3.8, 4) is 0 Å². The van der Waals surface area contributed by atoms with Crippen molar-refractivity contribution in [3.05, 3.63) is 12.4 Å². The summed E-state index contributed by atoms with van der Waals surface area (Å²) < 4.78 is 1.73. The summed E-state index contributed by atoms with van der Waals surface area (Å²) in [4.78, 5) is 12.0. The third-order valence-corrected chi connectivity index (χ3v) is 2.43. The zero-order valence-corrected chi connectivity index (χ0v) is 7.63. The monoisotopic (exact) mass is 196 g/mol. The lowest BCUT2D eigenvalue weighted by Gasteiger charge is -2.12. The lowest BCUT2D eigenvalue weighted by molar-refractivity contribution is 0.154. The van der Waals surface area contributed by atoms with Crippen LogP contribution in [0.2, 0.25) is 0 Å². The molecule has 1 fully saturated rings. The second-order valence-corrected chi connectivity index (χ2v) is 3.42. The fourth-order valence-electron chi connectivity index (χ4n) is 1.68. The molecule has 1 aliphatic heterocycles. The minimum Gasteiger partial charge on any atom is -0.465 e. The second kappa shape index (κ2) is 3.21. The number of amides is 1. The molecule has 1 atom stereocenters. The zero-order valence-electron chi connectivity index (χ0n) is 7.63. The van der Waals surface area contributed by atoms with Crippen molar-refractivity contribution in [1.29, 1.82) is 0 Å². The summed E-state index contributed by atoms with van der Waals surface area (Å²) in [5.41, 5.74) is 6.14. The largest absolute Gasteiger partial charge is 0.465 e. The maximum Gasteiger partial charge on any atom is 0.407 e. The fraction of sp³-hybridized carbons (Fsp3) is 0.500. The van der Waals surface area contributed by atoms with Crippen LogP contribution in [0.1, 0.15) is 12.5 Å². The van der Waals surface area contributed by atoms with E-state index in [0.29, 0.717) is 18.8 Å². The van der Waals surface area contributed by atoms with Crippen LogP contribution in [0.5, 0.6) is 0 Å². The second-order valence-electron chi connectivity index (χ2n) is 3.42. The summed E-state index contributed by atoms with van der Waals surface area (Å²) in [5, 5.41) is 12.8. The predicted octanol–water partition coefficient (Wildman–Crippen LogP) is 0.390. The lowest BCUT2D eigenvalue weighted by atomic mass is 10.3. The number of carbonyl (C=O) groups is 1. The Labute approximate surface area is 80.9 Å².